The van der Waals surface area contributed by atoms with E-state index in [-0.39, 0.29) is 5.91 Å². The predicted octanol–water partition coefficient (Wildman–Crippen LogP) is 2.23. The molecule has 0 aromatic heterocycles. The van der Waals surface area contributed by atoms with Crippen molar-refractivity contribution in [3.8, 4) is 0 Å². The van der Waals surface area contributed by atoms with E-state index in [1.807, 2.05) is 12.1 Å². The summed E-state index contributed by atoms with van der Waals surface area (Å²) in [5.74, 6) is 0.0414. The molecule has 2 bridgehead atoms. The van der Waals surface area contributed by atoms with Crippen LogP contribution in [0.2, 0.25) is 5.02 Å². The van der Waals surface area contributed by atoms with Crippen molar-refractivity contribution in [1.82, 2.24) is 4.90 Å². The molecule has 108 valence electrons. The Kier molecular flexibility index (Phi) is 3.96. The molecule has 2 aliphatic heterocycles. The number of rotatable bonds is 3. The van der Waals surface area contributed by atoms with E-state index in [1.54, 1.807) is 12.1 Å². The highest BCUT2D eigenvalue weighted by atomic mass is 35.5. The molecule has 0 saturated carbocycles. The second kappa shape index (κ2) is 5.72. The number of carbonyl (C=O) groups is 1. The van der Waals surface area contributed by atoms with E-state index in [1.165, 1.54) is 12.8 Å². The molecule has 0 radical (unpaired) electrons. The molecule has 2 aliphatic rings. The number of carbonyl (C=O) groups excluding carboxylic acids is 1. The molecule has 2 saturated heterocycles. The van der Waals surface area contributed by atoms with Crippen LogP contribution >= 0.6 is 11.6 Å². The van der Waals surface area contributed by atoms with Crippen molar-refractivity contribution in [2.24, 2.45) is 5.73 Å². The molecule has 5 heteroatoms. The molecule has 3 rings (SSSR count). The minimum atomic E-state index is 0.0414. The van der Waals surface area contributed by atoms with Crippen molar-refractivity contribution in [3.63, 3.8) is 0 Å². The molecule has 1 amide bonds. The molecular formula is C15H20ClN3O. The first-order chi connectivity index (χ1) is 9.61. The van der Waals surface area contributed by atoms with Gasteiger partial charge in [-0.2, -0.15) is 0 Å². The van der Waals surface area contributed by atoms with Crippen LogP contribution in [0.3, 0.4) is 0 Å². The van der Waals surface area contributed by atoms with Crippen molar-refractivity contribution in [1.29, 1.82) is 0 Å². The maximum atomic E-state index is 12.1. The number of hydrogen-bond acceptors (Lipinski definition) is 3. The maximum Gasteiger partial charge on any atom is 0.238 e. The normalized spacial score (nSPS) is 29.4. The summed E-state index contributed by atoms with van der Waals surface area (Å²) in [7, 11) is 0. The van der Waals surface area contributed by atoms with Crippen LogP contribution in [0.4, 0.5) is 5.69 Å². The third-order valence-electron chi connectivity index (χ3n) is 4.37. The minimum Gasteiger partial charge on any atom is -0.328 e. The summed E-state index contributed by atoms with van der Waals surface area (Å²) in [5.41, 5.74) is 6.84. The highest BCUT2D eigenvalue weighted by molar-refractivity contribution is 6.30. The Bertz CT molecular complexity index is 476. The zero-order chi connectivity index (χ0) is 14.1. The Morgan fingerprint density at radius 3 is 2.45 bits per heavy atom. The Morgan fingerprint density at radius 2 is 1.85 bits per heavy atom. The van der Waals surface area contributed by atoms with Gasteiger partial charge in [0.25, 0.3) is 0 Å². The zero-order valence-corrected chi connectivity index (χ0v) is 12.1. The van der Waals surface area contributed by atoms with Crippen LogP contribution in [0.25, 0.3) is 0 Å². The first-order valence-electron chi connectivity index (χ1n) is 7.18. The fourth-order valence-electron chi connectivity index (χ4n) is 3.47. The van der Waals surface area contributed by atoms with Crippen LogP contribution in [0, 0.1) is 0 Å². The van der Waals surface area contributed by atoms with E-state index in [9.17, 15) is 4.79 Å². The Labute approximate surface area is 124 Å². The number of fused-ring (bicyclic) bond motifs is 2. The van der Waals surface area contributed by atoms with Gasteiger partial charge in [0.05, 0.1) is 6.54 Å². The van der Waals surface area contributed by atoms with Gasteiger partial charge in [0.2, 0.25) is 5.91 Å². The predicted molar refractivity (Wildman–Crippen MR) is 80.8 cm³/mol. The lowest BCUT2D eigenvalue weighted by atomic mass is 9.98. The number of hydrogen-bond donors (Lipinski definition) is 2. The number of nitrogens with zero attached hydrogens (tertiary/aromatic N) is 1. The minimum absolute atomic E-state index is 0.0414. The summed E-state index contributed by atoms with van der Waals surface area (Å²) in [6, 6.07) is 8.48. The molecule has 1 aromatic carbocycles. The number of benzene rings is 1. The van der Waals surface area contributed by atoms with E-state index in [4.69, 9.17) is 17.3 Å². The van der Waals surface area contributed by atoms with Crippen molar-refractivity contribution in [2.75, 3.05) is 11.9 Å². The lowest BCUT2D eigenvalue weighted by Gasteiger charge is -2.37. The summed E-state index contributed by atoms with van der Waals surface area (Å²) < 4.78 is 0. The smallest absolute Gasteiger partial charge is 0.238 e. The second-order valence-electron chi connectivity index (χ2n) is 5.84. The number of nitrogens with one attached hydrogen (secondary N) is 1. The van der Waals surface area contributed by atoms with Crippen molar-refractivity contribution in [3.05, 3.63) is 29.3 Å². The maximum absolute atomic E-state index is 12.1. The lowest BCUT2D eigenvalue weighted by Crippen LogP contribution is -2.49. The van der Waals surface area contributed by atoms with Gasteiger partial charge in [-0.3, -0.25) is 9.69 Å². The average Bonchev–Trinajstić information content (AvgIpc) is 2.65. The third-order valence-corrected chi connectivity index (χ3v) is 4.63. The van der Waals surface area contributed by atoms with Gasteiger partial charge in [0.1, 0.15) is 0 Å². The van der Waals surface area contributed by atoms with Gasteiger partial charge in [-0.15, -0.1) is 0 Å². The van der Waals surface area contributed by atoms with Crippen LogP contribution in [-0.2, 0) is 4.79 Å². The van der Waals surface area contributed by atoms with E-state index >= 15 is 0 Å². The monoisotopic (exact) mass is 293 g/mol. The Morgan fingerprint density at radius 1 is 1.25 bits per heavy atom. The third kappa shape index (κ3) is 2.97. The summed E-state index contributed by atoms with van der Waals surface area (Å²) in [4.78, 5) is 14.5. The van der Waals surface area contributed by atoms with Crippen molar-refractivity contribution < 1.29 is 4.79 Å². The molecule has 4 nitrogen and oxygen atoms in total. The van der Waals surface area contributed by atoms with Gasteiger partial charge >= 0.3 is 0 Å². The van der Waals surface area contributed by atoms with Gasteiger partial charge in [-0.05, 0) is 49.9 Å². The van der Waals surface area contributed by atoms with Gasteiger partial charge in [0, 0.05) is 28.8 Å². The van der Waals surface area contributed by atoms with Crippen molar-refractivity contribution >= 4 is 23.2 Å². The first-order valence-corrected chi connectivity index (χ1v) is 7.56. The quantitative estimate of drug-likeness (QED) is 0.898. The van der Waals surface area contributed by atoms with Gasteiger partial charge in [-0.1, -0.05) is 11.6 Å². The van der Waals surface area contributed by atoms with E-state index < -0.39 is 0 Å². The average molecular weight is 294 g/mol. The molecule has 3 N–H and O–H groups in total. The van der Waals surface area contributed by atoms with Gasteiger partial charge < -0.3 is 11.1 Å². The summed E-state index contributed by atoms with van der Waals surface area (Å²) in [6.45, 7) is 0.463. The number of nitrogens with two attached hydrogens (primary N) is 1. The van der Waals surface area contributed by atoms with E-state index in [0.29, 0.717) is 29.7 Å². The molecule has 20 heavy (non-hydrogen) atoms. The van der Waals surface area contributed by atoms with Crippen LogP contribution in [0.15, 0.2) is 24.3 Å². The highest BCUT2D eigenvalue weighted by Crippen LogP contribution is 2.34. The first kappa shape index (κ1) is 13.9. The van der Waals surface area contributed by atoms with E-state index in [0.717, 1.165) is 18.5 Å². The zero-order valence-electron chi connectivity index (χ0n) is 11.4. The SMILES string of the molecule is NC1CC2CCC(C1)N2CC(=O)Nc1ccc(Cl)cc1. The molecule has 2 fully saturated rings. The molecule has 0 aliphatic carbocycles. The largest absolute Gasteiger partial charge is 0.328 e. The lowest BCUT2D eigenvalue weighted by molar-refractivity contribution is -0.118. The molecule has 2 heterocycles. The molecule has 2 unspecified atom stereocenters. The number of amides is 1. The van der Waals surface area contributed by atoms with Crippen LogP contribution in [-0.4, -0.2) is 35.5 Å². The summed E-state index contributed by atoms with van der Waals surface area (Å²) in [5, 5.41) is 3.60. The van der Waals surface area contributed by atoms with E-state index in [2.05, 4.69) is 10.2 Å². The topological polar surface area (TPSA) is 58.4 Å². The van der Waals surface area contributed by atoms with Gasteiger partial charge in [-0.25, -0.2) is 0 Å². The number of halogens is 1. The van der Waals surface area contributed by atoms with Crippen molar-refractivity contribution in [2.45, 2.75) is 43.8 Å². The molecule has 0 spiro atoms. The summed E-state index contributed by atoms with van der Waals surface area (Å²) >= 11 is 5.83. The molecule has 1 aromatic rings. The number of anilines is 1. The fourth-order valence-corrected chi connectivity index (χ4v) is 3.60. The van der Waals surface area contributed by atoms with Gasteiger partial charge in [0.15, 0.2) is 0 Å². The standard InChI is InChI=1S/C15H20ClN3O/c16-10-1-3-12(4-2-10)18-15(20)9-19-13-5-6-14(19)8-11(17)7-13/h1-4,11,13-14H,5-9,17H2,(H,18,20). The van der Waals surface area contributed by atoms with Crippen LogP contribution < -0.4 is 11.1 Å². The molecule has 2 atom stereocenters. The highest BCUT2D eigenvalue weighted by Gasteiger charge is 2.40. The molecular weight excluding hydrogens is 274 g/mol. The van der Waals surface area contributed by atoms with Crippen LogP contribution in [0.1, 0.15) is 25.7 Å². The fraction of sp³-hybridized carbons (Fsp3) is 0.533. The van der Waals surface area contributed by atoms with Crippen LogP contribution in [0.5, 0.6) is 0 Å². The Hall–Kier alpha value is -1.10. The summed E-state index contributed by atoms with van der Waals surface area (Å²) in [6.07, 6.45) is 4.38. The number of piperidine rings is 1. The second-order valence-corrected chi connectivity index (χ2v) is 6.28. The Balaban J connectivity index is 1.58.